The quantitative estimate of drug-likeness (QED) is 0.585. The molecule has 1 saturated carbocycles. The first-order chi connectivity index (χ1) is 14.0. The van der Waals surface area contributed by atoms with E-state index in [-0.39, 0.29) is 5.41 Å². The maximum absolute atomic E-state index is 5.93. The topological polar surface area (TPSA) is 48.9 Å². The summed E-state index contributed by atoms with van der Waals surface area (Å²) in [5.74, 6) is 2.40. The second-order valence-electron chi connectivity index (χ2n) is 9.72. The highest BCUT2D eigenvalue weighted by atomic mass is 16.5. The lowest BCUT2D eigenvalue weighted by Crippen LogP contribution is -2.67. The van der Waals surface area contributed by atoms with Crippen LogP contribution in [0, 0.1) is 17.3 Å². The van der Waals surface area contributed by atoms with E-state index < -0.39 is 0 Å². The number of aliphatic imine (C=N–C) groups is 1. The van der Waals surface area contributed by atoms with Crippen molar-refractivity contribution in [2.75, 3.05) is 31.1 Å². The van der Waals surface area contributed by atoms with Gasteiger partial charge >= 0.3 is 0 Å². The maximum Gasteiger partial charge on any atom is 0.191 e. The van der Waals surface area contributed by atoms with E-state index in [0.717, 1.165) is 31.4 Å². The first-order valence-corrected chi connectivity index (χ1v) is 11.5. The van der Waals surface area contributed by atoms with Crippen LogP contribution >= 0.6 is 0 Å². The fraction of sp³-hybridized carbons (Fsp3) is 0.708. The third kappa shape index (κ3) is 4.25. The van der Waals surface area contributed by atoms with Gasteiger partial charge in [-0.3, -0.25) is 0 Å². The summed E-state index contributed by atoms with van der Waals surface area (Å²) >= 11 is 0. The van der Waals surface area contributed by atoms with Crippen molar-refractivity contribution in [1.29, 1.82) is 0 Å². The summed E-state index contributed by atoms with van der Waals surface area (Å²) < 4.78 is 5.93. The molecule has 0 radical (unpaired) electrons. The van der Waals surface area contributed by atoms with Crippen LogP contribution in [0.15, 0.2) is 29.3 Å². The lowest BCUT2D eigenvalue weighted by Gasteiger charge is -2.54. The highest BCUT2D eigenvalue weighted by molar-refractivity contribution is 5.80. The molecule has 5 heteroatoms. The molecule has 160 valence electrons. The van der Waals surface area contributed by atoms with Crippen molar-refractivity contribution in [1.82, 2.24) is 10.6 Å². The number of piperidine rings is 1. The molecule has 1 aliphatic carbocycles. The van der Waals surface area contributed by atoms with Crippen molar-refractivity contribution in [3.63, 3.8) is 0 Å². The summed E-state index contributed by atoms with van der Waals surface area (Å²) in [6, 6.07) is 9.41. The molecule has 0 aromatic heterocycles. The van der Waals surface area contributed by atoms with Gasteiger partial charge < -0.3 is 20.3 Å². The Morgan fingerprint density at radius 2 is 1.90 bits per heavy atom. The molecule has 5 nitrogen and oxygen atoms in total. The third-order valence-electron chi connectivity index (χ3n) is 7.24. The minimum absolute atomic E-state index is 0.158. The van der Waals surface area contributed by atoms with Gasteiger partial charge in [-0.05, 0) is 49.8 Å². The van der Waals surface area contributed by atoms with Crippen LogP contribution in [0.25, 0.3) is 0 Å². The molecule has 2 saturated heterocycles. The predicted octanol–water partition coefficient (Wildman–Crippen LogP) is 3.79. The van der Waals surface area contributed by atoms with E-state index in [2.05, 4.69) is 67.5 Å². The van der Waals surface area contributed by atoms with Crippen LogP contribution in [0.5, 0.6) is 0 Å². The van der Waals surface area contributed by atoms with Crippen molar-refractivity contribution < 1.29 is 4.74 Å². The maximum atomic E-state index is 5.93. The van der Waals surface area contributed by atoms with Crippen LogP contribution in [0.2, 0.25) is 0 Å². The van der Waals surface area contributed by atoms with Crippen LogP contribution < -0.4 is 15.5 Å². The summed E-state index contributed by atoms with van der Waals surface area (Å²) in [5.41, 5.74) is 2.76. The molecule has 29 heavy (non-hydrogen) atoms. The van der Waals surface area contributed by atoms with Gasteiger partial charge in [0.2, 0.25) is 0 Å². The molecule has 0 spiro atoms. The Morgan fingerprint density at radius 3 is 2.59 bits per heavy atom. The molecular formula is C24H38N4O. The average molecular weight is 399 g/mol. The number of nitrogens with one attached hydrogen (secondary N) is 2. The van der Waals surface area contributed by atoms with Crippen molar-refractivity contribution in [2.24, 2.45) is 22.2 Å². The number of hydrogen-bond acceptors (Lipinski definition) is 3. The fourth-order valence-corrected chi connectivity index (χ4v) is 5.33. The van der Waals surface area contributed by atoms with Crippen LogP contribution in [0.1, 0.15) is 52.5 Å². The Kier molecular flexibility index (Phi) is 6.05. The number of rotatable bonds is 5. The standard InChI is InChI=1S/C24H38N4O/c1-5-25-23(27-21-20-12-15-29-22(20)24(21,3)4)26-16-18-6-8-19(9-7-18)28-13-10-17(2)11-14-28/h6-9,17,20-22H,5,10-16H2,1-4H3,(H2,25,26,27). The SMILES string of the molecule is CCNC(=NCc1ccc(N2CCC(C)CC2)cc1)NC1C2CCOC2C1(C)C. The number of benzene rings is 1. The van der Waals surface area contributed by atoms with E-state index >= 15 is 0 Å². The zero-order valence-corrected chi connectivity index (χ0v) is 18.6. The Morgan fingerprint density at radius 1 is 1.17 bits per heavy atom. The van der Waals surface area contributed by atoms with Gasteiger partial charge in [0.15, 0.2) is 5.96 Å². The number of guanidine groups is 1. The number of hydrogen-bond donors (Lipinski definition) is 2. The second-order valence-corrected chi connectivity index (χ2v) is 9.72. The summed E-state index contributed by atoms with van der Waals surface area (Å²) in [7, 11) is 0. The van der Waals surface area contributed by atoms with Gasteiger partial charge in [-0.2, -0.15) is 0 Å². The summed E-state index contributed by atoms with van der Waals surface area (Å²) in [6.07, 6.45) is 4.15. The first-order valence-electron chi connectivity index (χ1n) is 11.5. The highest BCUT2D eigenvalue weighted by Gasteiger charge is 2.59. The molecule has 4 rings (SSSR count). The van der Waals surface area contributed by atoms with Gasteiger partial charge in [0, 0.05) is 49.3 Å². The van der Waals surface area contributed by atoms with Crippen LogP contribution in [0.4, 0.5) is 5.69 Å². The molecule has 2 heterocycles. The molecule has 3 atom stereocenters. The highest BCUT2D eigenvalue weighted by Crippen LogP contribution is 2.52. The summed E-state index contributed by atoms with van der Waals surface area (Å²) in [5, 5.41) is 7.13. The molecule has 2 aliphatic heterocycles. The Hall–Kier alpha value is -1.75. The molecule has 0 bridgehead atoms. The van der Waals surface area contributed by atoms with E-state index in [1.807, 2.05) is 0 Å². The van der Waals surface area contributed by atoms with E-state index in [4.69, 9.17) is 9.73 Å². The lowest BCUT2D eigenvalue weighted by molar-refractivity contribution is -0.106. The minimum atomic E-state index is 0.158. The molecule has 1 aromatic rings. The van der Waals surface area contributed by atoms with Crippen LogP contribution in [0.3, 0.4) is 0 Å². The molecular weight excluding hydrogens is 360 g/mol. The monoisotopic (exact) mass is 398 g/mol. The number of anilines is 1. The largest absolute Gasteiger partial charge is 0.377 e. The zero-order valence-electron chi connectivity index (χ0n) is 18.6. The first kappa shape index (κ1) is 20.5. The van der Waals surface area contributed by atoms with Gasteiger partial charge in [0.1, 0.15) is 0 Å². The van der Waals surface area contributed by atoms with E-state index in [1.54, 1.807) is 0 Å². The van der Waals surface area contributed by atoms with Gasteiger partial charge in [-0.15, -0.1) is 0 Å². The minimum Gasteiger partial charge on any atom is -0.377 e. The van der Waals surface area contributed by atoms with E-state index in [1.165, 1.54) is 37.2 Å². The number of ether oxygens (including phenoxy) is 1. The van der Waals surface area contributed by atoms with Gasteiger partial charge in [-0.1, -0.05) is 32.9 Å². The van der Waals surface area contributed by atoms with Crippen molar-refractivity contribution >= 4 is 11.6 Å². The molecule has 1 aromatic carbocycles. The molecule has 2 N–H and O–H groups in total. The lowest BCUT2D eigenvalue weighted by atomic mass is 9.57. The molecule has 3 unspecified atom stereocenters. The predicted molar refractivity (Wildman–Crippen MR) is 120 cm³/mol. The molecule has 3 fully saturated rings. The van der Waals surface area contributed by atoms with E-state index in [0.29, 0.717) is 24.6 Å². The smallest absolute Gasteiger partial charge is 0.191 e. The van der Waals surface area contributed by atoms with Gasteiger partial charge in [0.05, 0.1) is 12.6 Å². The Labute approximate surface area is 176 Å². The Balaban J connectivity index is 1.37. The van der Waals surface area contributed by atoms with Crippen LogP contribution in [-0.2, 0) is 11.3 Å². The van der Waals surface area contributed by atoms with Crippen LogP contribution in [-0.4, -0.2) is 44.3 Å². The van der Waals surface area contributed by atoms with Gasteiger partial charge in [-0.25, -0.2) is 4.99 Å². The molecule has 3 aliphatic rings. The Bertz CT molecular complexity index is 706. The number of nitrogens with zero attached hydrogens (tertiary/aromatic N) is 2. The summed E-state index contributed by atoms with van der Waals surface area (Å²) in [4.78, 5) is 7.39. The van der Waals surface area contributed by atoms with Crippen molar-refractivity contribution in [3.8, 4) is 0 Å². The van der Waals surface area contributed by atoms with Crippen molar-refractivity contribution in [3.05, 3.63) is 29.8 Å². The van der Waals surface area contributed by atoms with E-state index in [9.17, 15) is 0 Å². The zero-order chi connectivity index (χ0) is 20.4. The third-order valence-corrected chi connectivity index (χ3v) is 7.24. The number of fused-ring (bicyclic) bond motifs is 1. The second kappa shape index (κ2) is 8.55. The van der Waals surface area contributed by atoms with Gasteiger partial charge in [0.25, 0.3) is 0 Å². The fourth-order valence-electron chi connectivity index (χ4n) is 5.33. The normalized spacial score (nSPS) is 29.3. The summed E-state index contributed by atoms with van der Waals surface area (Å²) in [6.45, 7) is 13.9. The average Bonchev–Trinajstić information content (AvgIpc) is 3.18. The molecule has 0 amide bonds. The van der Waals surface area contributed by atoms with Crippen molar-refractivity contribution in [2.45, 2.75) is 65.6 Å².